The van der Waals surface area contributed by atoms with Crippen LogP contribution in [0.25, 0.3) is 0 Å². The third kappa shape index (κ3) is 4.76. The van der Waals surface area contributed by atoms with Crippen LogP contribution in [0.5, 0.6) is 0 Å². The summed E-state index contributed by atoms with van der Waals surface area (Å²) in [6.45, 7) is 9.71. The summed E-state index contributed by atoms with van der Waals surface area (Å²) >= 11 is 0. The van der Waals surface area contributed by atoms with Gasteiger partial charge in [-0.2, -0.15) is 0 Å². The van der Waals surface area contributed by atoms with E-state index >= 15 is 0 Å². The van der Waals surface area contributed by atoms with Crippen LogP contribution in [0, 0.1) is 5.92 Å². The van der Waals surface area contributed by atoms with Crippen LogP contribution in [0.4, 0.5) is 0 Å². The Morgan fingerprint density at radius 1 is 1.25 bits per heavy atom. The molecule has 0 aromatic heterocycles. The van der Waals surface area contributed by atoms with Gasteiger partial charge in [0.15, 0.2) is 0 Å². The second-order valence-corrected chi connectivity index (χ2v) is 5.64. The van der Waals surface area contributed by atoms with E-state index in [-0.39, 0.29) is 5.91 Å². The topological polar surface area (TPSA) is 49.6 Å². The van der Waals surface area contributed by atoms with E-state index in [0.717, 1.165) is 6.42 Å². The Bertz CT molecular complexity index is 320. The van der Waals surface area contributed by atoms with Gasteiger partial charge in [0.05, 0.1) is 6.54 Å². The third-order valence-corrected chi connectivity index (χ3v) is 4.17. The van der Waals surface area contributed by atoms with Gasteiger partial charge in [0, 0.05) is 19.1 Å². The number of hydrogen-bond donors (Lipinski definition) is 1. The first kappa shape index (κ1) is 16.9. The molecule has 2 atom stereocenters. The van der Waals surface area contributed by atoms with E-state index in [1.807, 2.05) is 7.05 Å². The van der Waals surface area contributed by atoms with E-state index in [4.69, 9.17) is 5.73 Å². The van der Waals surface area contributed by atoms with Crippen LogP contribution >= 0.6 is 0 Å². The van der Waals surface area contributed by atoms with E-state index in [2.05, 4.69) is 18.1 Å². The number of carbonyl (C=O) groups excluding carboxylic acids is 1. The van der Waals surface area contributed by atoms with Crippen LogP contribution in [-0.4, -0.2) is 55.0 Å². The molecule has 114 valence electrons. The summed E-state index contributed by atoms with van der Waals surface area (Å²) in [5, 5.41) is 0. The second kappa shape index (κ2) is 8.93. The van der Waals surface area contributed by atoms with Gasteiger partial charge in [-0.3, -0.25) is 9.69 Å². The number of rotatable bonds is 8. The SMILES string of the molecule is C=CCN(CC=C)C(=O)CN(C)C1CCCCC1CN. The van der Waals surface area contributed by atoms with Crippen LogP contribution in [0.1, 0.15) is 25.7 Å². The summed E-state index contributed by atoms with van der Waals surface area (Å²) in [6.07, 6.45) is 8.34. The van der Waals surface area contributed by atoms with Gasteiger partial charge in [-0.25, -0.2) is 0 Å². The quantitative estimate of drug-likeness (QED) is 0.687. The normalized spacial score (nSPS) is 22.6. The molecule has 0 aliphatic heterocycles. The van der Waals surface area contributed by atoms with Crippen LogP contribution in [0.2, 0.25) is 0 Å². The van der Waals surface area contributed by atoms with Crippen LogP contribution in [0.3, 0.4) is 0 Å². The van der Waals surface area contributed by atoms with Crippen LogP contribution < -0.4 is 5.73 Å². The highest BCUT2D eigenvalue weighted by molar-refractivity contribution is 5.78. The third-order valence-electron chi connectivity index (χ3n) is 4.17. The summed E-state index contributed by atoms with van der Waals surface area (Å²) < 4.78 is 0. The molecule has 1 fully saturated rings. The highest BCUT2D eigenvalue weighted by Gasteiger charge is 2.28. The van der Waals surface area contributed by atoms with Crippen molar-refractivity contribution in [3.8, 4) is 0 Å². The molecular weight excluding hydrogens is 250 g/mol. The summed E-state index contributed by atoms with van der Waals surface area (Å²) in [5.41, 5.74) is 5.87. The molecule has 4 nitrogen and oxygen atoms in total. The molecule has 0 saturated heterocycles. The first-order valence-electron chi connectivity index (χ1n) is 7.53. The lowest BCUT2D eigenvalue weighted by molar-refractivity contribution is -0.132. The zero-order valence-corrected chi connectivity index (χ0v) is 12.8. The van der Waals surface area contributed by atoms with Gasteiger partial charge in [0.25, 0.3) is 0 Å². The van der Waals surface area contributed by atoms with E-state index in [0.29, 0.717) is 38.1 Å². The van der Waals surface area contributed by atoms with Crippen molar-refractivity contribution >= 4 is 5.91 Å². The van der Waals surface area contributed by atoms with Gasteiger partial charge in [-0.1, -0.05) is 25.0 Å². The van der Waals surface area contributed by atoms with Crippen molar-refractivity contribution in [2.24, 2.45) is 11.7 Å². The summed E-state index contributed by atoms with van der Waals surface area (Å²) in [7, 11) is 2.04. The highest BCUT2D eigenvalue weighted by Crippen LogP contribution is 2.27. The fourth-order valence-corrected chi connectivity index (χ4v) is 3.06. The second-order valence-electron chi connectivity index (χ2n) is 5.64. The molecular formula is C16H29N3O. The highest BCUT2D eigenvalue weighted by atomic mass is 16.2. The molecule has 1 aliphatic carbocycles. The first-order valence-corrected chi connectivity index (χ1v) is 7.53. The predicted octanol–water partition coefficient (Wildman–Crippen LogP) is 1.64. The van der Waals surface area contributed by atoms with Gasteiger partial charge >= 0.3 is 0 Å². The minimum atomic E-state index is 0.133. The van der Waals surface area contributed by atoms with Crippen molar-refractivity contribution in [1.82, 2.24) is 9.80 Å². The molecule has 0 radical (unpaired) electrons. The number of likely N-dealkylation sites (N-methyl/N-ethyl adjacent to an activating group) is 1. The molecule has 1 rings (SSSR count). The molecule has 1 saturated carbocycles. The largest absolute Gasteiger partial charge is 0.334 e. The Kier molecular flexibility index (Phi) is 7.55. The summed E-state index contributed by atoms with van der Waals surface area (Å²) in [6, 6.07) is 0.437. The standard InChI is InChI=1S/C16H29N3O/c1-4-10-19(11-5-2)16(20)13-18(3)15-9-7-6-8-14(15)12-17/h4-5,14-15H,1-2,6-13,17H2,3H3. The van der Waals surface area contributed by atoms with E-state index < -0.39 is 0 Å². The van der Waals surface area contributed by atoms with Crippen molar-refractivity contribution in [3.05, 3.63) is 25.3 Å². The molecule has 0 aromatic carbocycles. The fourth-order valence-electron chi connectivity index (χ4n) is 3.06. The molecule has 1 amide bonds. The lowest BCUT2D eigenvalue weighted by atomic mass is 9.84. The van der Waals surface area contributed by atoms with Gasteiger partial charge in [0.1, 0.15) is 0 Å². The average molecular weight is 279 g/mol. The first-order chi connectivity index (χ1) is 9.63. The predicted molar refractivity (Wildman–Crippen MR) is 84.4 cm³/mol. The van der Waals surface area contributed by atoms with Crippen molar-refractivity contribution in [2.75, 3.05) is 33.2 Å². The number of nitrogens with zero attached hydrogens (tertiary/aromatic N) is 2. The zero-order chi connectivity index (χ0) is 15.0. The number of carbonyl (C=O) groups is 1. The number of amides is 1. The molecule has 0 heterocycles. The Hall–Kier alpha value is -1.13. The maximum absolute atomic E-state index is 12.3. The molecule has 2 unspecified atom stereocenters. The van der Waals surface area contributed by atoms with Crippen molar-refractivity contribution < 1.29 is 4.79 Å². The van der Waals surface area contributed by atoms with Gasteiger partial charge < -0.3 is 10.6 Å². The Morgan fingerprint density at radius 3 is 2.40 bits per heavy atom. The lowest BCUT2D eigenvalue weighted by Gasteiger charge is -2.37. The van der Waals surface area contributed by atoms with E-state index in [1.54, 1.807) is 17.1 Å². The Morgan fingerprint density at radius 2 is 1.85 bits per heavy atom. The van der Waals surface area contributed by atoms with Gasteiger partial charge in [-0.05, 0) is 32.4 Å². The molecule has 0 spiro atoms. The van der Waals surface area contributed by atoms with Crippen LogP contribution in [0.15, 0.2) is 25.3 Å². The van der Waals surface area contributed by atoms with Gasteiger partial charge in [-0.15, -0.1) is 13.2 Å². The maximum Gasteiger partial charge on any atom is 0.237 e. The molecule has 0 bridgehead atoms. The fraction of sp³-hybridized carbons (Fsp3) is 0.688. The number of nitrogens with two attached hydrogens (primary N) is 1. The van der Waals surface area contributed by atoms with Crippen molar-refractivity contribution in [1.29, 1.82) is 0 Å². The minimum Gasteiger partial charge on any atom is -0.334 e. The monoisotopic (exact) mass is 279 g/mol. The molecule has 20 heavy (non-hydrogen) atoms. The average Bonchev–Trinajstić information content (AvgIpc) is 2.46. The number of hydrogen-bond acceptors (Lipinski definition) is 3. The maximum atomic E-state index is 12.3. The molecule has 1 aliphatic rings. The Labute approximate surface area is 123 Å². The van der Waals surface area contributed by atoms with Crippen LogP contribution in [-0.2, 0) is 4.79 Å². The molecule has 4 heteroatoms. The van der Waals surface area contributed by atoms with E-state index in [9.17, 15) is 4.79 Å². The zero-order valence-electron chi connectivity index (χ0n) is 12.8. The lowest BCUT2D eigenvalue weighted by Crippen LogP contribution is -2.48. The minimum absolute atomic E-state index is 0.133. The molecule has 0 aromatic rings. The van der Waals surface area contributed by atoms with Crippen molar-refractivity contribution in [3.63, 3.8) is 0 Å². The molecule has 2 N–H and O–H groups in total. The summed E-state index contributed by atoms with van der Waals surface area (Å²) in [5.74, 6) is 0.655. The smallest absolute Gasteiger partial charge is 0.237 e. The Balaban J connectivity index is 2.57. The van der Waals surface area contributed by atoms with Gasteiger partial charge in [0.2, 0.25) is 5.91 Å². The van der Waals surface area contributed by atoms with Crippen molar-refractivity contribution in [2.45, 2.75) is 31.7 Å². The summed E-state index contributed by atoms with van der Waals surface area (Å²) in [4.78, 5) is 16.3. The van der Waals surface area contributed by atoms with E-state index in [1.165, 1.54) is 19.3 Å².